The molecule has 0 unspecified atom stereocenters. The van der Waals surface area contributed by atoms with Crippen molar-refractivity contribution in [3.05, 3.63) is 76.8 Å². The molecule has 0 aromatic heterocycles. The number of benzene rings is 2. The molecule has 0 spiro atoms. The van der Waals surface area contributed by atoms with Gasteiger partial charge in [-0.1, -0.05) is 60.0 Å². The van der Waals surface area contributed by atoms with Crippen LogP contribution in [0.25, 0.3) is 0 Å². The lowest BCUT2D eigenvalue weighted by Gasteiger charge is -2.30. The number of hydrogen-bond donors (Lipinski definition) is 3. The number of rotatable bonds is 14. The van der Waals surface area contributed by atoms with Crippen LogP contribution in [0.5, 0.6) is 5.75 Å². The number of hydrogen-bond acceptors (Lipinski definition) is 6. The molecule has 1 heterocycles. The van der Waals surface area contributed by atoms with Gasteiger partial charge in [-0.25, -0.2) is 10.4 Å². The smallest absolute Gasteiger partial charge is 0.266 e. The van der Waals surface area contributed by atoms with Crippen LogP contribution in [-0.4, -0.2) is 42.2 Å². The first-order valence-corrected chi connectivity index (χ1v) is 12.8. The average Bonchev–Trinajstić information content (AvgIpc) is 3.25. The van der Waals surface area contributed by atoms with Gasteiger partial charge in [0.05, 0.1) is 6.61 Å². The molecular formula is C27H34BrN3O4. The minimum absolute atomic E-state index is 0.0834. The van der Waals surface area contributed by atoms with E-state index in [9.17, 15) is 4.79 Å². The molecule has 2 aromatic carbocycles. The summed E-state index contributed by atoms with van der Waals surface area (Å²) in [4.78, 5) is 18.5. The van der Waals surface area contributed by atoms with Crippen molar-refractivity contribution in [3.8, 4) is 5.75 Å². The first-order valence-electron chi connectivity index (χ1n) is 12.0. The fourth-order valence-corrected chi connectivity index (χ4v) is 4.41. The molecule has 0 fully saturated rings. The number of carbonyl (C=O) groups is 1. The third kappa shape index (κ3) is 6.72. The summed E-state index contributed by atoms with van der Waals surface area (Å²) in [5.74, 6) is 0.804. The van der Waals surface area contributed by atoms with Gasteiger partial charge in [0.1, 0.15) is 5.75 Å². The lowest BCUT2D eigenvalue weighted by molar-refractivity contribution is -0.129. The molecule has 8 heteroatoms. The molecule has 3 N–H and O–H groups in total. The lowest BCUT2D eigenvalue weighted by Crippen LogP contribution is -2.52. The van der Waals surface area contributed by atoms with Crippen molar-refractivity contribution < 1.29 is 19.4 Å². The van der Waals surface area contributed by atoms with Crippen LogP contribution in [0.2, 0.25) is 0 Å². The highest BCUT2D eigenvalue weighted by Crippen LogP contribution is 2.44. The van der Waals surface area contributed by atoms with E-state index in [2.05, 4.69) is 40.3 Å². The topological polar surface area (TPSA) is 92.2 Å². The van der Waals surface area contributed by atoms with Crippen molar-refractivity contribution in [3.63, 3.8) is 0 Å². The van der Waals surface area contributed by atoms with Crippen molar-refractivity contribution >= 4 is 27.7 Å². The van der Waals surface area contributed by atoms with E-state index < -0.39 is 11.6 Å². The van der Waals surface area contributed by atoms with Gasteiger partial charge in [-0.2, -0.15) is 0 Å². The second kappa shape index (κ2) is 13.4. The number of carbonyl (C=O) groups excluding carboxylic acids is 1. The maximum atomic E-state index is 13.6. The molecule has 0 bridgehead atoms. The monoisotopic (exact) mass is 543 g/mol. The van der Waals surface area contributed by atoms with E-state index in [-0.39, 0.29) is 12.5 Å². The molecule has 0 aliphatic carbocycles. The SMILES string of the molecule is C=CC[C@]1(C(=O)NNCCCCC)N=C(c2ccc(OCCCO)cc2)O[C@H]1c1ccccc1Br. The van der Waals surface area contributed by atoms with Gasteiger partial charge in [0, 0.05) is 41.6 Å². The summed E-state index contributed by atoms with van der Waals surface area (Å²) in [7, 11) is 0. The second-order valence-corrected chi connectivity index (χ2v) is 9.25. The Balaban J connectivity index is 1.91. The normalized spacial score (nSPS) is 19.1. The number of hydrazine groups is 1. The van der Waals surface area contributed by atoms with Gasteiger partial charge in [-0.15, -0.1) is 6.58 Å². The van der Waals surface area contributed by atoms with E-state index in [0.29, 0.717) is 37.6 Å². The standard InChI is InChI=1S/C27H34BrN3O4/c1-3-5-8-17-29-31-26(33)27(16-4-2)24(22-10-6-7-11-23(22)28)35-25(30-27)20-12-14-21(15-13-20)34-19-9-18-32/h4,6-7,10-15,24,29,32H,2-3,5,8-9,16-19H2,1H3,(H,31,33)/t24-,27-/m0/s1. The minimum Gasteiger partial charge on any atom is -0.494 e. The summed E-state index contributed by atoms with van der Waals surface area (Å²) in [6.07, 6.45) is 5.08. The molecule has 7 nitrogen and oxygen atoms in total. The number of aliphatic imine (C=N–C) groups is 1. The van der Waals surface area contributed by atoms with E-state index in [1.165, 1.54) is 0 Å². The zero-order valence-corrected chi connectivity index (χ0v) is 21.7. The summed E-state index contributed by atoms with van der Waals surface area (Å²) in [5.41, 5.74) is 6.25. The number of ether oxygens (including phenoxy) is 2. The highest BCUT2D eigenvalue weighted by Gasteiger charge is 2.53. The predicted molar refractivity (Wildman–Crippen MR) is 141 cm³/mol. The summed E-state index contributed by atoms with van der Waals surface area (Å²) in [5, 5.41) is 8.94. The van der Waals surface area contributed by atoms with Crippen LogP contribution >= 0.6 is 15.9 Å². The molecule has 1 aliphatic heterocycles. The second-order valence-electron chi connectivity index (χ2n) is 8.39. The van der Waals surface area contributed by atoms with Gasteiger partial charge in [0.25, 0.3) is 5.91 Å². The highest BCUT2D eigenvalue weighted by molar-refractivity contribution is 9.10. The Kier molecular flexibility index (Phi) is 10.3. The van der Waals surface area contributed by atoms with Crippen LogP contribution in [0.3, 0.4) is 0 Å². The summed E-state index contributed by atoms with van der Waals surface area (Å²) < 4.78 is 12.9. The van der Waals surface area contributed by atoms with Crippen molar-refractivity contribution in [1.29, 1.82) is 0 Å². The molecule has 2 aromatic rings. The first kappa shape index (κ1) is 26.9. The Labute approximate surface area is 215 Å². The Morgan fingerprint density at radius 1 is 1.23 bits per heavy atom. The molecule has 1 amide bonds. The van der Waals surface area contributed by atoms with Crippen LogP contribution in [0.4, 0.5) is 0 Å². The molecule has 0 radical (unpaired) electrons. The maximum Gasteiger partial charge on any atom is 0.266 e. The average molecular weight is 544 g/mol. The lowest BCUT2D eigenvalue weighted by atomic mass is 9.84. The molecule has 188 valence electrons. The van der Waals surface area contributed by atoms with Gasteiger partial charge in [-0.3, -0.25) is 10.2 Å². The van der Waals surface area contributed by atoms with Crippen molar-refractivity contribution in [1.82, 2.24) is 10.9 Å². The van der Waals surface area contributed by atoms with Crippen LogP contribution < -0.4 is 15.6 Å². The van der Waals surface area contributed by atoms with Crippen molar-refractivity contribution in [2.45, 2.75) is 50.7 Å². The Hall–Kier alpha value is -2.68. The van der Waals surface area contributed by atoms with Crippen molar-refractivity contribution in [2.24, 2.45) is 4.99 Å². The first-order chi connectivity index (χ1) is 17.1. The molecule has 0 saturated carbocycles. The van der Waals surface area contributed by atoms with Gasteiger partial charge < -0.3 is 14.6 Å². The number of nitrogens with one attached hydrogen (secondary N) is 2. The van der Waals surface area contributed by atoms with Gasteiger partial charge in [0.2, 0.25) is 5.90 Å². The molecule has 1 aliphatic rings. The Morgan fingerprint density at radius 3 is 2.69 bits per heavy atom. The van der Waals surface area contributed by atoms with E-state index >= 15 is 0 Å². The highest BCUT2D eigenvalue weighted by atomic mass is 79.9. The zero-order chi connectivity index (χ0) is 25.1. The summed E-state index contributed by atoms with van der Waals surface area (Å²) in [6.45, 7) is 7.23. The Morgan fingerprint density at radius 2 is 2.00 bits per heavy atom. The van der Waals surface area contributed by atoms with Gasteiger partial charge >= 0.3 is 0 Å². The van der Waals surface area contributed by atoms with Crippen LogP contribution in [0.15, 0.2) is 70.7 Å². The van der Waals surface area contributed by atoms with E-state index in [4.69, 9.17) is 19.6 Å². The third-order valence-corrected chi connectivity index (χ3v) is 6.50. The quantitative estimate of drug-likeness (QED) is 0.180. The molecule has 0 saturated heterocycles. The Bertz CT molecular complexity index is 1010. The predicted octanol–water partition coefficient (Wildman–Crippen LogP) is 4.85. The summed E-state index contributed by atoms with van der Waals surface area (Å²) in [6, 6.07) is 15.1. The summed E-state index contributed by atoms with van der Waals surface area (Å²) >= 11 is 3.62. The zero-order valence-electron chi connectivity index (χ0n) is 20.1. The number of nitrogens with zero attached hydrogens (tertiary/aromatic N) is 1. The fourth-order valence-electron chi connectivity index (χ4n) is 3.91. The number of halogens is 1. The van der Waals surface area contributed by atoms with Crippen LogP contribution in [0, 0.1) is 0 Å². The van der Waals surface area contributed by atoms with E-state index in [1.807, 2.05) is 48.5 Å². The van der Waals surface area contributed by atoms with Crippen molar-refractivity contribution in [2.75, 3.05) is 19.8 Å². The fraction of sp³-hybridized carbons (Fsp3) is 0.407. The van der Waals surface area contributed by atoms with Gasteiger partial charge in [0.15, 0.2) is 11.6 Å². The largest absolute Gasteiger partial charge is 0.494 e. The van der Waals surface area contributed by atoms with E-state index in [1.54, 1.807) is 6.08 Å². The molecule has 35 heavy (non-hydrogen) atoms. The number of amides is 1. The molecule has 2 atom stereocenters. The van der Waals surface area contributed by atoms with Crippen LogP contribution in [-0.2, 0) is 9.53 Å². The third-order valence-electron chi connectivity index (χ3n) is 5.78. The molecular weight excluding hydrogens is 510 g/mol. The molecule has 3 rings (SSSR count). The number of unbranched alkanes of at least 4 members (excludes halogenated alkanes) is 2. The number of aliphatic hydroxyl groups excluding tert-OH is 1. The maximum absolute atomic E-state index is 13.6. The van der Waals surface area contributed by atoms with Gasteiger partial charge in [-0.05, 0) is 36.8 Å². The number of aliphatic hydroxyl groups is 1. The minimum atomic E-state index is -1.23. The van der Waals surface area contributed by atoms with E-state index in [0.717, 1.165) is 34.9 Å². The van der Waals surface area contributed by atoms with Crippen LogP contribution in [0.1, 0.15) is 56.3 Å².